The molecule has 0 saturated heterocycles. The Labute approximate surface area is 157 Å². The number of rotatable bonds is 5. The van der Waals surface area contributed by atoms with E-state index in [1.165, 1.54) is 30.3 Å². The van der Waals surface area contributed by atoms with E-state index in [1.807, 2.05) is 0 Å². The third-order valence-corrected chi connectivity index (χ3v) is 4.18. The van der Waals surface area contributed by atoms with E-state index in [9.17, 15) is 27.5 Å². The van der Waals surface area contributed by atoms with E-state index in [4.69, 9.17) is 0 Å². The highest BCUT2D eigenvalue weighted by Crippen LogP contribution is 2.38. The van der Waals surface area contributed by atoms with Crippen LogP contribution in [-0.2, 0) is 22.6 Å². The van der Waals surface area contributed by atoms with Crippen LogP contribution in [0.2, 0.25) is 0 Å². The minimum absolute atomic E-state index is 0.0423. The third kappa shape index (κ3) is 4.48. The standard InChI is InChI=1S/C19H16F4N2O3/c20-15-6-4-12(5-7-15)9-17(26)24-11-13-2-1-3-14(8-13)16-10-18(27,28-25-16)19(21,22)23/h1-8,27H,9-11H2,(H,24,26). The molecule has 2 N–H and O–H groups in total. The van der Waals surface area contributed by atoms with Crippen molar-refractivity contribution in [2.24, 2.45) is 5.16 Å². The van der Waals surface area contributed by atoms with Gasteiger partial charge < -0.3 is 15.3 Å². The van der Waals surface area contributed by atoms with Gasteiger partial charge in [0, 0.05) is 6.54 Å². The predicted octanol–water partition coefficient (Wildman–Crippen LogP) is 3.06. The molecule has 0 radical (unpaired) electrons. The summed E-state index contributed by atoms with van der Waals surface area (Å²) in [7, 11) is 0. The number of carbonyl (C=O) groups is 1. The smallest absolute Gasteiger partial charge is 0.352 e. The van der Waals surface area contributed by atoms with Gasteiger partial charge in [-0.15, -0.1) is 0 Å². The summed E-state index contributed by atoms with van der Waals surface area (Å²) in [6, 6.07) is 11.9. The highest BCUT2D eigenvalue weighted by atomic mass is 19.4. The molecule has 1 amide bonds. The normalized spacial score (nSPS) is 19.1. The fourth-order valence-electron chi connectivity index (χ4n) is 2.64. The molecule has 0 aromatic heterocycles. The highest BCUT2D eigenvalue weighted by Gasteiger charge is 2.60. The van der Waals surface area contributed by atoms with Gasteiger partial charge in [0.25, 0.3) is 0 Å². The highest BCUT2D eigenvalue weighted by molar-refractivity contribution is 6.01. The number of hydrogen-bond acceptors (Lipinski definition) is 4. The Hall–Kier alpha value is -2.94. The molecule has 0 fully saturated rings. The van der Waals surface area contributed by atoms with Gasteiger partial charge in [0.1, 0.15) is 5.82 Å². The summed E-state index contributed by atoms with van der Waals surface area (Å²) in [6.45, 7) is 0.144. The second kappa shape index (κ2) is 7.59. The Kier molecular flexibility index (Phi) is 5.37. The van der Waals surface area contributed by atoms with Crippen LogP contribution in [0, 0.1) is 5.82 Å². The number of carbonyl (C=O) groups excluding carboxylic acids is 1. The molecular weight excluding hydrogens is 380 g/mol. The number of amides is 1. The van der Waals surface area contributed by atoms with Gasteiger partial charge in [0.05, 0.1) is 18.6 Å². The second-order valence-corrected chi connectivity index (χ2v) is 6.37. The van der Waals surface area contributed by atoms with E-state index in [2.05, 4.69) is 15.3 Å². The number of nitrogens with one attached hydrogen (secondary N) is 1. The molecule has 1 unspecified atom stereocenters. The largest absolute Gasteiger partial charge is 0.458 e. The van der Waals surface area contributed by atoms with Gasteiger partial charge in [-0.1, -0.05) is 35.5 Å². The van der Waals surface area contributed by atoms with Crippen molar-refractivity contribution in [3.8, 4) is 0 Å². The van der Waals surface area contributed by atoms with Gasteiger partial charge in [0.2, 0.25) is 5.91 Å². The van der Waals surface area contributed by atoms with Gasteiger partial charge in [-0.25, -0.2) is 4.39 Å². The molecule has 0 saturated carbocycles. The van der Waals surface area contributed by atoms with Crippen LogP contribution in [0.1, 0.15) is 23.1 Å². The SMILES string of the molecule is O=C(Cc1ccc(F)cc1)NCc1cccc(C2=NOC(O)(C(F)(F)F)C2)c1. The Morgan fingerprint density at radius 3 is 2.54 bits per heavy atom. The predicted molar refractivity (Wildman–Crippen MR) is 91.6 cm³/mol. The molecule has 9 heteroatoms. The monoisotopic (exact) mass is 396 g/mol. The van der Waals surface area contributed by atoms with Crippen LogP contribution in [-0.4, -0.2) is 28.7 Å². The summed E-state index contributed by atoms with van der Waals surface area (Å²) in [4.78, 5) is 16.2. The van der Waals surface area contributed by atoms with Crippen molar-refractivity contribution < 1.29 is 32.3 Å². The van der Waals surface area contributed by atoms with Crippen LogP contribution in [0.4, 0.5) is 17.6 Å². The van der Waals surface area contributed by atoms with E-state index < -0.39 is 24.2 Å². The average molecular weight is 396 g/mol. The molecule has 2 aromatic rings. The summed E-state index contributed by atoms with van der Waals surface area (Å²) in [5, 5.41) is 15.6. The number of aliphatic hydroxyl groups is 1. The fraction of sp³-hybridized carbons (Fsp3) is 0.263. The number of benzene rings is 2. The Morgan fingerprint density at radius 2 is 1.89 bits per heavy atom. The molecular formula is C19H16F4N2O3. The van der Waals surface area contributed by atoms with Crippen molar-refractivity contribution in [1.82, 2.24) is 5.32 Å². The zero-order valence-electron chi connectivity index (χ0n) is 14.5. The first kappa shape index (κ1) is 19.8. The summed E-state index contributed by atoms with van der Waals surface area (Å²) in [5.41, 5.74) is 1.59. The molecule has 28 heavy (non-hydrogen) atoms. The van der Waals surface area contributed by atoms with Gasteiger partial charge >= 0.3 is 12.0 Å². The third-order valence-electron chi connectivity index (χ3n) is 4.18. The first-order chi connectivity index (χ1) is 13.2. The molecule has 0 bridgehead atoms. The second-order valence-electron chi connectivity index (χ2n) is 6.37. The quantitative estimate of drug-likeness (QED) is 0.764. The van der Waals surface area contributed by atoms with Crippen molar-refractivity contribution >= 4 is 11.6 Å². The average Bonchev–Trinajstić information content (AvgIpc) is 3.06. The number of hydrogen-bond donors (Lipinski definition) is 2. The van der Waals surface area contributed by atoms with Crippen LogP contribution in [0.5, 0.6) is 0 Å². The summed E-state index contributed by atoms with van der Waals surface area (Å²) < 4.78 is 51.3. The molecule has 1 aliphatic rings. The summed E-state index contributed by atoms with van der Waals surface area (Å²) in [5.74, 6) is -4.01. The summed E-state index contributed by atoms with van der Waals surface area (Å²) >= 11 is 0. The van der Waals surface area contributed by atoms with Crippen LogP contribution in [0.25, 0.3) is 0 Å². The lowest BCUT2D eigenvalue weighted by atomic mass is 10.0. The number of alkyl halides is 3. The Bertz CT molecular complexity index is 897. The topological polar surface area (TPSA) is 70.9 Å². The van der Waals surface area contributed by atoms with Crippen molar-refractivity contribution in [3.63, 3.8) is 0 Å². The lowest BCUT2D eigenvalue weighted by Crippen LogP contribution is -2.45. The van der Waals surface area contributed by atoms with Gasteiger partial charge in [-0.05, 0) is 34.9 Å². The van der Waals surface area contributed by atoms with Crippen molar-refractivity contribution in [2.45, 2.75) is 31.3 Å². The first-order valence-electron chi connectivity index (χ1n) is 8.31. The number of nitrogens with zero attached hydrogens (tertiary/aromatic N) is 1. The molecule has 148 valence electrons. The molecule has 1 atom stereocenters. The molecule has 0 aliphatic carbocycles. The Morgan fingerprint density at radius 1 is 1.18 bits per heavy atom. The van der Waals surface area contributed by atoms with Crippen LogP contribution in [0.3, 0.4) is 0 Å². The zero-order chi connectivity index (χ0) is 20.4. The van der Waals surface area contributed by atoms with Crippen molar-refractivity contribution in [1.29, 1.82) is 0 Å². The van der Waals surface area contributed by atoms with Gasteiger partial charge in [-0.3, -0.25) is 4.79 Å². The maximum Gasteiger partial charge on any atom is 0.458 e. The van der Waals surface area contributed by atoms with Gasteiger partial charge in [-0.2, -0.15) is 13.2 Å². The fourth-order valence-corrected chi connectivity index (χ4v) is 2.64. The van der Waals surface area contributed by atoms with Crippen molar-refractivity contribution in [2.75, 3.05) is 0 Å². The van der Waals surface area contributed by atoms with Crippen LogP contribution >= 0.6 is 0 Å². The van der Waals surface area contributed by atoms with E-state index >= 15 is 0 Å². The molecule has 2 aromatic carbocycles. The first-order valence-corrected chi connectivity index (χ1v) is 8.31. The van der Waals surface area contributed by atoms with E-state index in [1.54, 1.807) is 18.2 Å². The van der Waals surface area contributed by atoms with E-state index in [-0.39, 0.29) is 24.6 Å². The van der Waals surface area contributed by atoms with E-state index in [0.717, 1.165) is 0 Å². The van der Waals surface area contributed by atoms with E-state index in [0.29, 0.717) is 16.7 Å². The maximum atomic E-state index is 12.9. The number of halogens is 4. The molecule has 0 spiro atoms. The molecule has 1 aliphatic heterocycles. The molecule has 3 rings (SSSR count). The summed E-state index contributed by atoms with van der Waals surface area (Å²) in [6.07, 6.45) is -5.72. The zero-order valence-corrected chi connectivity index (χ0v) is 14.5. The minimum Gasteiger partial charge on any atom is -0.352 e. The Balaban J connectivity index is 1.60. The maximum absolute atomic E-state index is 12.9. The molecule has 1 heterocycles. The lowest BCUT2D eigenvalue weighted by Gasteiger charge is -2.22. The molecule has 5 nitrogen and oxygen atoms in total. The van der Waals surface area contributed by atoms with Gasteiger partial charge in [0.15, 0.2) is 0 Å². The number of oxime groups is 1. The van der Waals surface area contributed by atoms with Crippen LogP contribution < -0.4 is 5.32 Å². The van der Waals surface area contributed by atoms with Crippen LogP contribution in [0.15, 0.2) is 53.7 Å². The lowest BCUT2D eigenvalue weighted by molar-refractivity contribution is -0.355. The minimum atomic E-state index is -4.97. The van der Waals surface area contributed by atoms with Crippen molar-refractivity contribution in [3.05, 3.63) is 71.0 Å².